The van der Waals surface area contributed by atoms with E-state index in [0.717, 1.165) is 9.71 Å². The molecule has 118 valence electrons. The summed E-state index contributed by atoms with van der Waals surface area (Å²) in [5, 5.41) is 1.17. The number of fused-ring (bicyclic) bond motifs is 1. The number of hydrogen-bond donors (Lipinski definition) is 0. The summed E-state index contributed by atoms with van der Waals surface area (Å²) in [6.45, 7) is 0. The molecule has 1 aliphatic rings. The number of hydrogen-bond acceptors (Lipinski definition) is 4. The van der Waals surface area contributed by atoms with Gasteiger partial charge in [0.1, 0.15) is 0 Å². The van der Waals surface area contributed by atoms with Crippen molar-refractivity contribution in [3.8, 4) is 0 Å². The minimum atomic E-state index is -3.70. The second-order valence-corrected chi connectivity index (χ2v) is 7.10. The Balaban J connectivity index is 2.03. The number of anilines is 1. The molecule has 1 heterocycles. The Bertz CT molecular complexity index is 921. The quantitative estimate of drug-likeness (QED) is 0.780. The Morgan fingerprint density at radius 3 is 2.48 bits per heavy atom. The summed E-state index contributed by atoms with van der Waals surface area (Å²) < 4.78 is 30.8. The second kappa shape index (κ2) is 5.72. The largest absolute Gasteiger partial charge is 0.421 e. The lowest BCUT2D eigenvalue weighted by Crippen LogP contribution is -2.29. The van der Waals surface area contributed by atoms with Gasteiger partial charge in [0.2, 0.25) is 0 Å². The van der Waals surface area contributed by atoms with Gasteiger partial charge in [0.25, 0.3) is 10.0 Å². The van der Waals surface area contributed by atoms with Gasteiger partial charge in [-0.3, -0.25) is 4.31 Å². The van der Waals surface area contributed by atoms with Crippen LogP contribution in [0.2, 0.25) is 5.02 Å². The van der Waals surface area contributed by atoms with Crippen LogP contribution in [-0.4, -0.2) is 21.4 Å². The first-order chi connectivity index (χ1) is 10.9. The van der Waals surface area contributed by atoms with Crippen molar-refractivity contribution in [3.05, 3.63) is 70.1 Å². The maximum atomic E-state index is 12.3. The zero-order valence-electron chi connectivity index (χ0n) is 12.1. The number of esters is 1. The van der Waals surface area contributed by atoms with Gasteiger partial charge in [0.05, 0.1) is 21.7 Å². The zero-order valence-corrected chi connectivity index (χ0v) is 13.6. The number of nitrogens with zero attached hydrogens (tertiary/aromatic N) is 1. The molecule has 0 fully saturated rings. The highest BCUT2D eigenvalue weighted by atomic mass is 35.5. The fourth-order valence-electron chi connectivity index (χ4n) is 2.23. The molecule has 2 aromatic rings. The first kappa shape index (κ1) is 15.6. The van der Waals surface area contributed by atoms with E-state index in [-0.39, 0.29) is 16.3 Å². The number of rotatable bonds is 2. The van der Waals surface area contributed by atoms with Gasteiger partial charge in [0.15, 0.2) is 5.76 Å². The molecule has 0 aromatic heterocycles. The molecule has 1 aliphatic heterocycles. The number of carbonyl (C=O) groups is 1. The van der Waals surface area contributed by atoms with Crippen LogP contribution in [0.25, 0.3) is 5.76 Å². The molecular formula is C16H12ClNO4S. The summed E-state index contributed by atoms with van der Waals surface area (Å²) >= 11 is 5.97. The van der Waals surface area contributed by atoms with Crippen LogP contribution in [0, 0.1) is 0 Å². The van der Waals surface area contributed by atoms with Crippen LogP contribution in [0.4, 0.5) is 5.69 Å². The lowest BCUT2D eigenvalue weighted by atomic mass is 10.1. The summed E-state index contributed by atoms with van der Waals surface area (Å²) in [6.07, 6.45) is 0. The van der Waals surface area contributed by atoms with E-state index in [1.54, 1.807) is 42.5 Å². The van der Waals surface area contributed by atoms with E-state index in [4.69, 9.17) is 16.3 Å². The molecule has 0 spiro atoms. The molecule has 0 atom stereocenters. The fourth-order valence-corrected chi connectivity index (χ4v) is 3.48. The predicted octanol–water partition coefficient (Wildman–Crippen LogP) is 3.28. The number of carbonyl (C=O) groups excluding carboxylic acids is 1. The highest BCUT2D eigenvalue weighted by Crippen LogP contribution is 2.35. The van der Waals surface area contributed by atoms with Crippen LogP contribution in [0.5, 0.6) is 0 Å². The smallest absolute Gasteiger partial charge is 0.345 e. The van der Waals surface area contributed by atoms with E-state index < -0.39 is 16.0 Å². The molecule has 0 amide bonds. The predicted molar refractivity (Wildman–Crippen MR) is 88.6 cm³/mol. The van der Waals surface area contributed by atoms with Crippen molar-refractivity contribution >= 4 is 39.0 Å². The molecule has 3 rings (SSSR count). The van der Waals surface area contributed by atoms with Crippen LogP contribution in [0.1, 0.15) is 15.9 Å². The Labute approximate surface area is 138 Å². The summed E-state index contributed by atoms with van der Waals surface area (Å²) in [6, 6.07) is 13.2. The van der Waals surface area contributed by atoms with Gasteiger partial charge in [-0.1, -0.05) is 35.9 Å². The molecule has 5 nitrogen and oxygen atoms in total. The lowest BCUT2D eigenvalue weighted by molar-refractivity contribution is 0.0692. The number of benzene rings is 2. The van der Waals surface area contributed by atoms with Crippen LogP contribution < -0.4 is 4.31 Å². The van der Waals surface area contributed by atoms with Gasteiger partial charge in [0, 0.05) is 12.6 Å². The normalized spacial score (nSPS) is 15.6. The monoisotopic (exact) mass is 349 g/mol. The minimum Gasteiger partial charge on any atom is -0.421 e. The third kappa shape index (κ3) is 2.83. The molecule has 0 aliphatic carbocycles. The Morgan fingerprint density at radius 2 is 1.74 bits per heavy atom. The van der Waals surface area contributed by atoms with E-state index in [9.17, 15) is 13.2 Å². The molecule has 0 bridgehead atoms. The maximum absolute atomic E-state index is 12.3. The summed E-state index contributed by atoms with van der Waals surface area (Å²) in [5.41, 5.74) is 1.13. The van der Waals surface area contributed by atoms with Crippen molar-refractivity contribution < 1.29 is 17.9 Å². The van der Waals surface area contributed by atoms with Gasteiger partial charge in [-0.2, -0.15) is 0 Å². The van der Waals surface area contributed by atoms with Gasteiger partial charge in [-0.05, 0) is 24.3 Å². The average molecular weight is 350 g/mol. The Morgan fingerprint density at radius 1 is 1.09 bits per heavy atom. The van der Waals surface area contributed by atoms with E-state index in [1.807, 2.05) is 0 Å². The maximum Gasteiger partial charge on any atom is 0.345 e. The van der Waals surface area contributed by atoms with Crippen LogP contribution >= 0.6 is 11.6 Å². The summed E-state index contributed by atoms with van der Waals surface area (Å²) in [5.74, 6) is -0.736. The van der Waals surface area contributed by atoms with Crippen molar-refractivity contribution in [1.29, 1.82) is 0 Å². The molecular weight excluding hydrogens is 338 g/mol. The van der Waals surface area contributed by atoms with Crippen molar-refractivity contribution in [3.63, 3.8) is 0 Å². The van der Waals surface area contributed by atoms with E-state index in [1.165, 1.54) is 13.1 Å². The number of para-hydroxylation sites is 1. The number of halogens is 1. The van der Waals surface area contributed by atoms with E-state index >= 15 is 0 Å². The highest BCUT2D eigenvalue weighted by molar-refractivity contribution is 7.95. The van der Waals surface area contributed by atoms with Gasteiger partial charge in [-0.15, -0.1) is 0 Å². The van der Waals surface area contributed by atoms with Crippen molar-refractivity contribution in [2.75, 3.05) is 11.4 Å². The third-order valence-electron chi connectivity index (χ3n) is 3.44. The number of sulfonamides is 1. The first-order valence-electron chi connectivity index (χ1n) is 6.67. The van der Waals surface area contributed by atoms with Crippen molar-refractivity contribution in [2.45, 2.75) is 0 Å². The molecule has 23 heavy (non-hydrogen) atoms. The van der Waals surface area contributed by atoms with Gasteiger partial charge in [-0.25, -0.2) is 13.2 Å². The minimum absolute atomic E-state index is 0.0244. The third-order valence-corrected chi connectivity index (χ3v) is 5.24. The molecule has 0 radical (unpaired) electrons. The average Bonchev–Trinajstić information content (AvgIpc) is 2.52. The van der Waals surface area contributed by atoms with Crippen molar-refractivity contribution in [1.82, 2.24) is 0 Å². The highest BCUT2D eigenvalue weighted by Gasteiger charge is 2.29. The lowest BCUT2D eigenvalue weighted by Gasteiger charge is -2.26. The molecule has 0 saturated heterocycles. The van der Waals surface area contributed by atoms with Gasteiger partial charge >= 0.3 is 5.97 Å². The summed E-state index contributed by atoms with van der Waals surface area (Å²) in [7, 11) is -2.26. The molecule has 0 N–H and O–H groups in total. The molecule has 0 saturated carbocycles. The van der Waals surface area contributed by atoms with E-state index in [0.29, 0.717) is 11.3 Å². The Hall–Kier alpha value is -2.31. The summed E-state index contributed by atoms with van der Waals surface area (Å²) in [4.78, 5) is 12.3. The second-order valence-electron chi connectivity index (χ2n) is 4.88. The van der Waals surface area contributed by atoms with Crippen molar-refractivity contribution in [2.24, 2.45) is 0 Å². The topological polar surface area (TPSA) is 63.7 Å². The molecule has 2 aromatic carbocycles. The standard InChI is InChI=1S/C16H12ClNO4S/c1-18-14-9-5-3-7-12(14)15(10-23(18,20)21)22-16(19)11-6-2-4-8-13(11)17/h2-10H,1H3. The molecule has 0 unspecified atom stereocenters. The van der Waals surface area contributed by atoms with Crippen LogP contribution in [0.15, 0.2) is 53.9 Å². The zero-order chi connectivity index (χ0) is 16.6. The SMILES string of the molecule is CN1c2ccccc2C(OC(=O)c2ccccc2Cl)=CS1(=O)=O. The van der Waals surface area contributed by atoms with Crippen LogP contribution in [-0.2, 0) is 14.8 Å². The Kier molecular flexibility index (Phi) is 3.87. The van der Waals surface area contributed by atoms with E-state index in [2.05, 4.69) is 0 Å². The van der Waals surface area contributed by atoms with Gasteiger partial charge < -0.3 is 4.74 Å². The van der Waals surface area contributed by atoms with Crippen LogP contribution in [0.3, 0.4) is 0 Å². The number of ether oxygens (including phenoxy) is 1. The first-order valence-corrected chi connectivity index (χ1v) is 8.55. The fraction of sp³-hybridized carbons (Fsp3) is 0.0625. The molecule has 7 heteroatoms.